The maximum atomic E-state index is 12.7. The molecule has 0 aromatic carbocycles. The van der Waals surface area contributed by atoms with E-state index in [0.29, 0.717) is 29.1 Å². The van der Waals surface area contributed by atoms with Crippen LogP contribution in [0.1, 0.15) is 140 Å². The third kappa shape index (κ3) is 12.0. The molecule has 0 aliphatic heterocycles. The maximum Gasteiger partial charge on any atom is 0.514 e. The van der Waals surface area contributed by atoms with Crippen LogP contribution < -0.4 is 9.47 Å². The monoisotopic (exact) mass is 489 g/mol. The number of rotatable bonds is 17. The predicted molar refractivity (Wildman–Crippen MR) is 146 cm³/mol. The molecule has 5 nitrogen and oxygen atoms in total. The number of nitrogens with zero attached hydrogens (tertiary/aromatic N) is 1. The van der Waals surface area contributed by atoms with Crippen molar-refractivity contribution >= 4 is 12.2 Å². The number of hydrogen-bond donors (Lipinski definition) is 0. The van der Waals surface area contributed by atoms with E-state index < -0.39 is 11.8 Å². The molecular formula is C30H51NO4. The van der Waals surface area contributed by atoms with E-state index >= 15 is 0 Å². The van der Waals surface area contributed by atoms with Crippen LogP contribution in [0, 0.1) is 19.1 Å². The highest BCUT2D eigenvalue weighted by atomic mass is 16.7. The number of carbonyl (C=O) groups excluding carboxylic acids is 1. The molecule has 0 atom stereocenters. The average Bonchev–Trinajstić information content (AvgIpc) is 2.78. The summed E-state index contributed by atoms with van der Waals surface area (Å²) in [4.78, 5) is 12.4. The van der Waals surface area contributed by atoms with Crippen molar-refractivity contribution in [1.82, 2.24) is 0 Å². The molecule has 0 radical (unpaired) electrons. The van der Waals surface area contributed by atoms with E-state index in [9.17, 15) is 10.0 Å². The molecule has 0 aliphatic rings. The van der Waals surface area contributed by atoms with Crippen LogP contribution in [0.5, 0.6) is 5.75 Å². The molecule has 1 aromatic rings. The molecular weight excluding hydrogens is 438 g/mol. The highest BCUT2D eigenvalue weighted by Gasteiger charge is 2.27. The Bertz CT molecular complexity index is 780. The first-order valence-electron chi connectivity index (χ1n) is 13.9. The van der Waals surface area contributed by atoms with Crippen molar-refractivity contribution in [2.45, 2.75) is 143 Å². The van der Waals surface area contributed by atoms with Crippen LogP contribution in [-0.2, 0) is 11.2 Å². The Balaban J connectivity index is 2.50. The fourth-order valence-corrected chi connectivity index (χ4v) is 4.48. The first-order chi connectivity index (χ1) is 16.6. The van der Waals surface area contributed by atoms with Gasteiger partial charge in [0.05, 0.1) is 11.1 Å². The van der Waals surface area contributed by atoms with Crippen LogP contribution in [0.25, 0.3) is 6.08 Å². The molecule has 35 heavy (non-hydrogen) atoms. The van der Waals surface area contributed by atoms with Crippen LogP contribution in [-0.4, -0.2) is 11.8 Å². The van der Waals surface area contributed by atoms with E-state index in [0.717, 1.165) is 23.1 Å². The van der Waals surface area contributed by atoms with Gasteiger partial charge in [0, 0.05) is 13.8 Å². The lowest BCUT2D eigenvalue weighted by Crippen LogP contribution is -2.37. The van der Waals surface area contributed by atoms with E-state index in [2.05, 4.69) is 13.5 Å². The van der Waals surface area contributed by atoms with Crippen molar-refractivity contribution in [1.29, 1.82) is 0 Å². The second kappa shape index (κ2) is 16.6. The minimum absolute atomic E-state index is 0.408. The van der Waals surface area contributed by atoms with Crippen molar-refractivity contribution < 1.29 is 19.0 Å². The van der Waals surface area contributed by atoms with Crippen molar-refractivity contribution in [2.75, 3.05) is 0 Å². The number of ether oxygens (including phenoxy) is 2. The molecule has 5 heteroatoms. The summed E-state index contributed by atoms with van der Waals surface area (Å²) < 4.78 is 11.9. The Morgan fingerprint density at radius 3 is 1.74 bits per heavy atom. The van der Waals surface area contributed by atoms with Gasteiger partial charge in [-0.3, -0.25) is 0 Å². The first kappa shape index (κ1) is 31.0. The van der Waals surface area contributed by atoms with Gasteiger partial charge < -0.3 is 14.7 Å². The molecule has 1 rings (SSSR count). The Hall–Kier alpha value is -2.04. The fraction of sp³-hybridized carbons (Fsp3) is 0.733. The zero-order valence-electron chi connectivity index (χ0n) is 23.5. The smallest absolute Gasteiger partial charge is 0.514 e. The molecule has 0 spiro atoms. The summed E-state index contributed by atoms with van der Waals surface area (Å²) in [6, 6.07) is 0. The lowest BCUT2D eigenvalue weighted by atomic mass is 9.99. The molecule has 0 bridgehead atoms. The minimum Gasteiger partial charge on any atom is -0.618 e. The summed E-state index contributed by atoms with van der Waals surface area (Å²) in [7, 11) is 0. The highest BCUT2D eigenvalue weighted by molar-refractivity contribution is 5.70. The lowest BCUT2D eigenvalue weighted by molar-refractivity contribution is -0.619. The zero-order chi connectivity index (χ0) is 26.3. The van der Waals surface area contributed by atoms with E-state index in [-0.39, 0.29) is 0 Å². The first-order valence-corrected chi connectivity index (χ1v) is 13.9. The Morgan fingerprint density at radius 2 is 1.31 bits per heavy atom. The second-order valence-electron chi connectivity index (χ2n) is 10.8. The molecule has 1 heterocycles. The number of unbranched alkanes of at least 4 members (excludes halogenated alkanes) is 13. The topological polar surface area (TPSA) is 62.5 Å². The van der Waals surface area contributed by atoms with Crippen LogP contribution in [0.4, 0.5) is 4.79 Å². The summed E-state index contributed by atoms with van der Waals surface area (Å²) in [6.45, 7) is 15.0. The summed E-state index contributed by atoms with van der Waals surface area (Å²) in [5, 5.41) is 12.7. The lowest BCUT2D eigenvalue weighted by Gasteiger charge is -2.21. The molecule has 200 valence electrons. The van der Waals surface area contributed by atoms with Gasteiger partial charge in [-0.2, -0.15) is 4.73 Å². The van der Waals surface area contributed by atoms with E-state index in [4.69, 9.17) is 9.47 Å². The van der Waals surface area contributed by atoms with E-state index in [1.807, 2.05) is 0 Å². The Labute approximate surface area is 214 Å². The molecule has 0 fully saturated rings. The number of hydrogen-bond acceptors (Lipinski definition) is 4. The highest BCUT2D eigenvalue weighted by Crippen LogP contribution is 2.31. The van der Waals surface area contributed by atoms with Gasteiger partial charge in [-0.15, -0.1) is 0 Å². The average molecular weight is 490 g/mol. The Morgan fingerprint density at radius 1 is 0.857 bits per heavy atom. The van der Waals surface area contributed by atoms with Crippen LogP contribution >= 0.6 is 0 Å². The van der Waals surface area contributed by atoms with Crippen molar-refractivity contribution in [2.24, 2.45) is 0 Å². The number of aromatic nitrogens is 1. The second-order valence-corrected chi connectivity index (χ2v) is 10.8. The summed E-state index contributed by atoms with van der Waals surface area (Å²) in [5.74, 6) is 0.408. The zero-order valence-corrected chi connectivity index (χ0v) is 23.5. The van der Waals surface area contributed by atoms with Gasteiger partial charge in [-0.25, -0.2) is 4.79 Å². The van der Waals surface area contributed by atoms with Gasteiger partial charge in [0.1, 0.15) is 5.60 Å². The number of pyridine rings is 1. The van der Waals surface area contributed by atoms with Crippen molar-refractivity contribution in [3.05, 3.63) is 34.3 Å². The summed E-state index contributed by atoms with van der Waals surface area (Å²) in [6.07, 6.45) is 19.6. The molecule has 1 aromatic heterocycles. The number of carbonyl (C=O) groups is 1. The Kier molecular flexibility index (Phi) is 14.7. The molecule has 0 amide bonds. The van der Waals surface area contributed by atoms with Crippen LogP contribution in [0.15, 0.2) is 6.58 Å². The predicted octanol–water partition coefficient (Wildman–Crippen LogP) is 8.92. The largest absolute Gasteiger partial charge is 0.618 e. The third-order valence-electron chi connectivity index (χ3n) is 6.51. The summed E-state index contributed by atoms with van der Waals surface area (Å²) in [5.41, 5.74) is 1.71. The van der Waals surface area contributed by atoms with Gasteiger partial charge in [0.25, 0.3) is 0 Å². The molecule has 0 saturated heterocycles. The van der Waals surface area contributed by atoms with Crippen LogP contribution in [0.3, 0.4) is 0 Å². The fourth-order valence-electron chi connectivity index (χ4n) is 4.48. The van der Waals surface area contributed by atoms with Gasteiger partial charge in [0.2, 0.25) is 5.69 Å². The van der Waals surface area contributed by atoms with Gasteiger partial charge >= 0.3 is 6.16 Å². The normalized spacial score (nSPS) is 11.5. The molecule has 0 unspecified atom stereocenters. The van der Waals surface area contributed by atoms with Gasteiger partial charge in [-0.05, 0) is 33.6 Å². The molecule has 0 N–H and O–H groups in total. The third-order valence-corrected chi connectivity index (χ3v) is 6.51. The maximum absolute atomic E-state index is 12.7. The van der Waals surface area contributed by atoms with Gasteiger partial charge in [0.15, 0.2) is 11.4 Å². The SMILES string of the molecule is C=Cc1c(OC(=O)OC(C)(C)C)c(CCCCCCCCCCCCCCCC)c(C)[n+]([O-])c1C. The van der Waals surface area contributed by atoms with Crippen LogP contribution in [0.2, 0.25) is 0 Å². The molecule has 0 saturated carbocycles. The quantitative estimate of drug-likeness (QED) is 0.0948. The van der Waals surface area contributed by atoms with Crippen molar-refractivity contribution in [3.8, 4) is 5.75 Å². The van der Waals surface area contributed by atoms with Crippen molar-refractivity contribution in [3.63, 3.8) is 0 Å². The van der Waals surface area contributed by atoms with Gasteiger partial charge in [-0.1, -0.05) is 103 Å². The van der Waals surface area contributed by atoms with E-state index in [1.54, 1.807) is 40.7 Å². The van der Waals surface area contributed by atoms with E-state index in [1.165, 1.54) is 77.0 Å². The standard InChI is InChI=1S/C30H51NO4/c1-8-10-11-12-13-14-15-16-17-18-19-20-21-22-23-27-25(4)31(33)24(3)26(9-2)28(27)34-29(32)35-30(5,6)7/h9H,2,8,10-23H2,1,3-7H3. The summed E-state index contributed by atoms with van der Waals surface area (Å²) >= 11 is 0. The molecule has 0 aliphatic carbocycles. The minimum atomic E-state index is -0.759.